The van der Waals surface area contributed by atoms with Crippen molar-refractivity contribution in [2.24, 2.45) is 0 Å². The van der Waals surface area contributed by atoms with Crippen LogP contribution in [0.1, 0.15) is 12.5 Å². The molecule has 0 aliphatic rings. The molecule has 0 aliphatic carbocycles. The van der Waals surface area contributed by atoms with Crippen LogP contribution >= 0.6 is 0 Å². The number of pyridine rings is 1. The first-order valence-corrected chi connectivity index (χ1v) is 4.46. The van der Waals surface area contributed by atoms with Crippen LogP contribution < -0.4 is 10.9 Å². The van der Waals surface area contributed by atoms with Gasteiger partial charge in [-0.1, -0.05) is 0 Å². The van der Waals surface area contributed by atoms with Gasteiger partial charge in [-0.25, -0.2) is 0 Å². The van der Waals surface area contributed by atoms with Gasteiger partial charge in [-0.15, -0.1) is 0 Å². The van der Waals surface area contributed by atoms with E-state index >= 15 is 0 Å². The lowest BCUT2D eigenvalue weighted by Crippen LogP contribution is -2.32. The van der Waals surface area contributed by atoms with Crippen molar-refractivity contribution < 1.29 is 0 Å². The molecule has 1 unspecified atom stereocenters. The summed E-state index contributed by atoms with van der Waals surface area (Å²) in [7, 11) is 1.84. The summed E-state index contributed by atoms with van der Waals surface area (Å²) in [4.78, 5) is 11.6. The van der Waals surface area contributed by atoms with Gasteiger partial charge in [0.2, 0.25) is 0 Å². The van der Waals surface area contributed by atoms with Crippen LogP contribution in [0.2, 0.25) is 0 Å². The minimum Gasteiger partial charge on any atom is -0.315 e. The van der Waals surface area contributed by atoms with Crippen LogP contribution in [-0.2, 0) is 6.54 Å². The second-order valence-corrected chi connectivity index (χ2v) is 3.18. The Bertz CT molecular complexity index is 403. The van der Waals surface area contributed by atoms with Crippen LogP contribution in [0.25, 0.3) is 0 Å². The van der Waals surface area contributed by atoms with Crippen molar-refractivity contribution in [3.8, 4) is 6.07 Å². The second kappa shape index (κ2) is 4.58. The Morgan fingerprint density at radius 1 is 1.71 bits per heavy atom. The summed E-state index contributed by atoms with van der Waals surface area (Å²) in [5, 5.41) is 11.7. The SMILES string of the molecule is CNC(C)Cn1cccc(C#N)c1=O. The summed E-state index contributed by atoms with van der Waals surface area (Å²) in [6.07, 6.45) is 1.69. The van der Waals surface area contributed by atoms with E-state index in [1.807, 2.05) is 20.0 Å². The standard InChI is InChI=1S/C10H13N3O/c1-8(12-2)7-13-5-3-4-9(6-11)10(13)14/h3-5,8,12H,7H2,1-2H3. The van der Waals surface area contributed by atoms with Crippen LogP contribution in [0.5, 0.6) is 0 Å². The molecule has 0 aromatic carbocycles. The van der Waals surface area contributed by atoms with Crippen molar-refractivity contribution in [2.75, 3.05) is 7.05 Å². The summed E-state index contributed by atoms with van der Waals surface area (Å²) >= 11 is 0. The largest absolute Gasteiger partial charge is 0.315 e. The van der Waals surface area contributed by atoms with E-state index in [2.05, 4.69) is 5.32 Å². The molecule has 0 bridgehead atoms. The topological polar surface area (TPSA) is 57.8 Å². The van der Waals surface area contributed by atoms with Gasteiger partial charge in [0.1, 0.15) is 11.6 Å². The molecule has 0 saturated carbocycles. The smallest absolute Gasteiger partial charge is 0.268 e. The van der Waals surface area contributed by atoms with Gasteiger partial charge < -0.3 is 9.88 Å². The van der Waals surface area contributed by atoms with Crippen LogP contribution in [-0.4, -0.2) is 17.7 Å². The van der Waals surface area contributed by atoms with Crippen molar-refractivity contribution in [3.63, 3.8) is 0 Å². The molecule has 1 aromatic heterocycles. The first-order chi connectivity index (χ1) is 6.69. The minimum atomic E-state index is -0.225. The van der Waals surface area contributed by atoms with E-state index < -0.39 is 0 Å². The highest BCUT2D eigenvalue weighted by atomic mass is 16.1. The van der Waals surface area contributed by atoms with Gasteiger partial charge in [-0.05, 0) is 26.1 Å². The van der Waals surface area contributed by atoms with Crippen LogP contribution in [0.3, 0.4) is 0 Å². The van der Waals surface area contributed by atoms with E-state index in [0.29, 0.717) is 6.54 Å². The second-order valence-electron chi connectivity index (χ2n) is 3.18. The maximum atomic E-state index is 11.6. The minimum absolute atomic E-state index is 0.191. The molecule has 0 saturated heterocycles. The Labute approximate surface area is 82.8 Å². The van der Waals surface area contributed by atoms with Crippen LogP contribution in [0, 0.1) is 11.3 Å². The molecule has 1 heterocycles. The third-order valence-electron chi connectivity index (χ3n) is 2.10. The fraction of sp³-hybridized carbons (Fsp3) is 0.400. The first kappa shape index (κ1) is 10.5. The first-order valence-electron chi connectivity index (χ1n) is 4.46. The number of rotatable bonds is 3. The van der Waals surface area contributed by atoms with Crippen molar-refractivity contribution in [3.05, 3.63) is 34.2 Å². The molecule has 0 fully saturated rings. The van der Waals surface area contributed by atoms with E-state index in [-0.39, 0.29) is 17.2 Å². The summed E-state index contributed by atoms with van der Waals surface area (Å²) in [5.41, 5.74) is -0.0343. The third-order valence-corrected chi connectivity index (χ3v) is 2.10. The van der Waals surface area contributed by atoms with Crippen molar-refractivity contribution in [1.29, 1.82) is 5.26 Å². The molecular formula is C10H13N3O. The zero-order valence-electron chi connectivity index (χ0n) is 8.32. The Morgan fingerprint density at radius 3 is 3.00 bits per heavy atom. The number of hydrogen-bond donors (Lipinski definition) is 1. The molecule has 14 heavy (non-hydrogen) atoms. The molecule has 4 heteroatoms. The van der Waals surface area contributed by atoms with Crippen LogP contribution in [0.4, 0.5) is 0 Å². The number of aromatic nitrogens is 1. The molecule has 1 rings (SSSR count). The number of nitrogens with one attached hydrogen (secondary N) is 1. The van der Waals surface area contributed by atoms with Gasteiger partial charge in [0.15, 0.2) is 0 Å². The number of likely N-dealkylation sites (N-methyl/N-ethyl adjacent to an activating group) is 1. The molecule has 0 radical (unpaired) electrons. The Kier molecular flexibility index (Phi) is 3.43. The van der Waals surface area contributed by atoms with Crippen molar-refractivity contribution >= 4 is 0 Å². The summed E-state index contributed by atoms with van der Waals surface area (Å²) in [6.45, 7) is 2.55. The molecule has 0 amide bonds. The lowest BCUT2D eigenvalue weighted by atomic mass is 10.3. The van der Waals surface area contributed by atoms with Gasteiger partial charge in [0, 0.05) is 18.8 Å². The predicted octanol–water partition coefficient (Wildman–Crippen LogP) is 0.328. The van der Waals surface area contributed by atoms with Gasteiger partial charge in [-0.2, -0.15) is 5.26 Å². The normalized spacial score (nSPS) is 12.1. The number of nitrogens with zero attached hydrogens (tertiary/aromatic N) is 2. The van der Waals surface area contributed by atoms with Crippen molar-refractivity contribution in [2.45, 2.75) is 19.5 Å². The highest BCUT2D eigenvalue weighted by Gasteiger charge is 2.04. The molecular weight excluding hydrogens is 178 g/mol. The average Bonchev–Trinajstić information content (AvgIpc) is 2.21. The molecule has 1 aromatic rings. The van der Waals surface area contributed by atoms with E-state index in [0.717, 1.165) is 0 Å². The van der Waals surface area contributed by atoms with Gasteiger partial charge in [0.05, 0.1) is 0 Å². The lowest BCUT2D eigenvalue weighted by molar-refractivity contribution is 0.505. The van der Waals surface area contributed by atoms with E-state index in [1.54, 1.807) is 16.8 Å². The Balaban J connectivity index is 3.00. The molecule has 0 spiro atoms. The number of hydrogen-bond acceptors (Lipinski definition) is 3. The fourth-order valence-corrected chi connectivity index (χ4v) is 1.15. The summed E-state index contributed by atoms with van der Waals surface area (Å²) in [6, 6.07) is 5.32. The quantitative estimate of drug-likeness (QED) is 0.749. The van der Waals surface area contributed by atoms with E-state index in [1.165, 1.54) is 6.07 Å². The Hall–Kier alpha value is -1.60. The van der Waals surface area contributed by atoms with Gasteiger partial charge in [-0.3, -0.25) is 4.79 Å². The average molecular weight is 191 g/mol. The monoisotopic (exact) mass is 191 g/mol. The number of nitriles is 1. The summed E-state index contributed by atoms with van der Waals surface area (Å²) in [5.74, 6) is 0. The maximum absolute atomic E-state index is 11.6. The van der Waals surface area contributed by atoms with E-state index in [4.69, 9.17) is 5.26 Å². The highest BCUT2D eigenvalue weighted by molar-refractivity contribution is 5.24. The highest BCUT2D eigenvalue weighted by Crippen LogP contribution is 1.91. The molecule has 4 nitrogen and oxygen atoms in total. The van der Waals surface area contributed by atoms with Gasteiger partial charge >= 0.3 is 0 Å². The molecule has 74 valence electrons. The third kappa shape index (κ3) is 2.21. The maximum Gasteiger partial charge on any atom is 0.268 e. The molecule has 1 N–H and O–H groups in total. The zero-order valence-corrected chi connectivity index (χ0v) is 8.32. The Morgan fingerprint density at radius 2 is 2.43 bits per heavy atom. The van der Waals surface area contributed by atoms with Gasteiger partial charge in [0.25, 0.3) is 5.56 Å². The van der Waals surface area contributed by atoms with Crippen molar-refractivity contribution in [1.82, 2.24) is 9.88 Å². The van der Waals surface area contributed by atoms with E-state index in [9.17, 15) is 4.79 Å². The van der Waals surface area contributed by atoms with Crippen LogP contribution in [0.15, 0.2) is 23.1 Å². The fourth-order valence-electron chi connectivity index (χ4n) is 1.15. The molecule has 0 aliphatic heterocycles. The zero-order chi connectivity index (χ0) is 10.6. The summed E-state index contributed by atoms with van der Waals surface area (Å²) < 4.78 is 1.54. The predicted molar refractivity (Wildman–Crippen MR) is 53.9 cm³/mol. The molecule has 1 atom stereocenters. The lowest BCUT2D eigenvalue weighted by Gasteiger charge is -2.11.